The van der Waals surface area contributed by atoms with Crippen LogP contribution >= 0.6 is 0 Å². The Kier molecular flexibility index (Phi) is 5.04. The number of benzene rings is 1. The lowest BCUT2D eigenvalue weighted by Crippen LogP contribution is -2.50. The molecule has 0 atom stereocenters. The SMILES string of the molecule is O=C(CN1CCN(Cc2cn3ccccc3n2)CC1)N1CCc2ccccc2C1. The summed E-state index contributed by atoms with van der Waals surface area (Å²) >= 11 is 0. The lowest BCUT2D eigenvalue weighted by atomic mass is 10.00. The van der Waals surface area contributed by atoms with Gasteiger partial charge in [0.1, 0.15) is 5.65 Å². The zero-order valence-corrected chi connectivity index (χ0v) is 16.7. The molecule has 5 rings (SSSR count). The van der Waals surface area contributed by atoms with Crippen LogP contribution in [0.2, 0.25) is 0 Å². The van der Waals surface area contributed by atoms with Crippen molar-refractivity contribution < 1.29 is 4.79 Å². The van der Waals surface area contributed by atoms with Gasteiger partial charge in [-0.3, -0.25) is 14.6 Å². The summed E-state index contributed by atoms with van der Waals surface area (Å²) in [5.41, 5.74) is 4.78. The number of nitrogens with zero attached hydrogens (tertiary/aromatic N) is 5. The fraction of sp³-hybridized carbons (Fsp3) is 0.391. The molecule has 6 heteroatoms. The van der Waals surface area contributed by atoms with Gasteiger partial charge in [0.25, 0.3) is 0 Å². The van der Waals surface area contributed by atoms with Crippen LogP contribution in [0.3, 0.4) is 0 Å². The fourth-order valence-corrected chi connectivity index (χ4v) is 4.40. The smallest absolute Gasteiger partial charge is 0.237 e. The molecule has 1 fully saturated rings. The van der Waals surface area contributed by atoms with Crippen LogP contribution < -0.4 is 0 Å². The highest BCUT2D eigenvalue weighted by Gasteiger charge is 2.24. The average Bonchev–Trinajstić information content (AvgIpc) is 3.17. The van der Waals surface area contributed by atoms with E-state index in [1.165, 1.54) is 11.1 Å². The number of fused-ring (bicyclic) bond motifs is 2. The van der Waals surface area contributed by atoms with Crippen molar-refractivity contribution in [2.24, 2.45) is 0 Å². The number of piperazine rings is 1. The Morgan fingerprint density at radius 2 is 1.66 bits per heavy atom. The van der Waals surface area contributed by atoms with Gasteiger partial charge in [-0.25, -0.2) is 4.98 Å². The molecule has 0 saturated carbocycles. The maximum Gasteiger partial charge on any atom is 0.237 e. The molecule has 0 N–H and O–H groups in total. The van der Waals surface area contributed by atoms with E-state index < -0.39 is 0 Å². The quantitative estimate of drug-likeness (QED) is 0.685. The van der Waals surface area contributed by atoms with Crippen molar-refractivity contribution in [1.29, 1.82) is 0 Å². The number of rotatable bonds is 4. The Balaban J connectivity index is 1.12. The maximum absolute atomic E-state index is 12.8. The van der Waals surface area contributed by atoms with Crippen molar-refractivity contribution in [3.8, 4) is 0 Å². The van der Waals surface area contributed by atoms with Gasteiger partial charge in [-0.2, -0.15) is 0 Å². The number of hydrogen-bond donors (Lipinski definition) is 0. The van der Waals surface area contributed by atoms with Gasteiger partial charge in [-0.1, -0.05) is 30.3 Å². The van der Waals surface area contributed by atoms with E-state index in [1.807, 2.05) is 29.3 Å². The normalized spacial score (nSPS) is 18.1. The molecule has 0 unspecified atom stereocenters. The second kappa shape index (κ2) is 7.97. The summed E-state index contributed by atoms with van der Waals surface area (Å²) in [5, 5.41) is 0. The van der Waals surface area contributed by atoms with Crippen molar-refractivity contribution in [1.82, 2.24) is 24.1 Å². The minimum Gasteiger partial charge on any atom is -0.337 e. The minimum absolute atomic E-state index is 0.258. The Bertz CT molecular complexity index is 972. The van der Waals surface area contributed by atoms with Crippen molar-refractivity contribution in [2.75, 3.05) is 39.3 Å². The van der Waals surface area contributed by atoms with Crippen molar-refractivity contribution in [2.45, 2.75) is 19.5 Å². The first-order valence-electron chi connectivity index (χ1n) is 10.5. The van der Waals surface area contributed by atoms with Gasteiger partial charge < -0.3 is 9.30 Å². The van der Waals surface area contributed by atoms with Gasteiger partial charge in [0.2, 0.25) is 5.91 Å². The molecule has 1 saturated heterocycles. The zero-order valence-electron chi connectivity index (χ0n) is 16.7. The van der Waals surface area contributed by atoms with E-state index in [0.717, 1.165) is 63.6 Å². The van der Waals surface area contributed by atoms with Crippen LogP contribution in [0, 0.1) is 0 Å². The third-order valence-electron chi connectivity index (χ3n) is 6.11. The highest BCUT2D eigenvalue weighted by molar-refractivity contribution is 5.78. The first kappa shape index (κ1) is 18.3. The minimum atomic E-state index is 0.258. The van der Waals surface area contributed by atoms with Gasteiger partial charge in [0, 0.05) is 58.2 Å². The van der Waals surface area contributed by atoms with E-state index in [-0.39, 0.29) is 5.91 Å². The Morgan fingerprint density at radius 3 is 2.48 bits per heavy atom. The van der Waals surface area contributed by atoms with Gasteiger partial charge in [-0.05, 0) is 29.7 Å². The van der Waals surface area contributed by atoms with Crippen LogP contribution in [0.5, 0.6) is 0 Å². The highest BCUT2D eigenvalue weighted by Crippen LogP contribution is 2.19. The molecular weight excluding hydrogens is 362 g/mol. The number of aromatic nitrogens is 2. The number of amides is 1. The lowest BCUT2D eigenvalue weighted by molar-refractivity contribution is -0.133. The molecule has 2 aromatic heterocycles. The molecule has 2 aliphatic heterocycles. The van der Waals surface area contributed by atoms with Gasteiger partial charge >= 0.3 is 0 Å². The second-order valence-corrected chi connectivity index (χ2v) is 8.08. The first-order chi connectivity index (χ1) is 14.2. The average molecular weight is 390 g/mol. The van der Waals surface area contributed by atoms with Gasteiger partial charge in [0.05, 0.1) is 12.2 Å². The summed E-state index contributed by atoms with van der Waals surface area (Å²) in [4.78, 5) is 24.3. The van der Waals surface area contributed by atoms with E-state index in [2.05, 4.69) is 44.7 Å². The molecule has 0 spiro atoms. The van der Waals surface area contributed by atoms with E-state index in [9.17, 15) is 4.79 Å². The van der Waals surface area contributed by atoms with E-state index in [1.54, 1.807) is 0 Å². The van der Waals surface area contributed by atoms with Gasteiger partial charge in [-0.15, -0.1) is 0 Å². The molecule has 1 amide bonds. The van der Waals surface area contributed by atoms with Crippen molar-refractivity contribution in [3.05, 3.63) is 71.7 Å². The molecule has 2 aliphatic rings. The molecule has 3 aromatic rings. The number of pyridine rings is 1. The molecule has 1 aromatic carbocycles. The molecule has 6 nitrogen and oxygen atoms in total. The monoisotopic (exact) mass is 389 g/mol. The lowest BCUT2D eigenvalue weighted by Gasteiger charge is -2.36. The largest absolute Gasteiger partial charge is 0.337 e. The summed E-state index contributed by atoms with van der Waals surface area (Å²) in [5.74, 6) is 0.258. The molecule has 0 aliphatic carbocycles. The summed E-state index contributed by atoms with van der Waals surface area (Å²) in [6.45, 7) is 6.81. The maximum atomic E-state index is 12.8. The first-order valence-corrected chi connectivity index (χ1v) is 10.5. The summed E-state index contributed by atoms with van der Waals surface area (Å²) in [6, 6.07) is 14.5. The van der Waals surface area contributed by atoms with Crippen LogP contribution in [0.25, 0.3) is 5.65 Å². The van der Waals surface area contributed by atoms with Crippen molar-refractivity contribution >= 4 is 11.6 Å². The third kappa shape index (κ3) is 4.04. The second-order valence-electron chi connectivity index (χ2n) is 8.08. The predicted molar refractivity (Wildman–Crippen MR) is 112 cm³/mol. The molecule has 0 radical (unpaired) electrons. The number of hydrogen-bond acceptors (Lipinski definition) is 4. The fourth-order valence-electron chi connectivity index (χ4n) is 4.40. The highest BCUT2D eigenvalue weighted by atomic mass is 16.2. The van der Waals surface area contributed by atoms with Crippen LogP contribution in [0.1, 0.15) is 16.8 Å². The topological polar surface area (TPSA) is 44.1 Å². The third-order valence-corrected chi connectivity index (χ3v) is 6.11. The predicted octanol–water partition coefficient (Wildman–Crippen LogP) is 2.04. The van der Waals surface area contributed by atoms with Crippen LogP contribution in [-0.4, -0.2) is 69.3 Å². The molecular formula is C23H27N5O. The number of imidazole rings is 1. The van der Waals surface area contributed by atoms with E-state index in [0.29, 0.717) is 6.54 Å². The van der Waals surface area contributed by atoms with Crippen LogP contribution in [0.15, 0.2) is 54.9 Å². The standard InChI is InChI=1S/C23H27N5O/c29-23(28-10-8-19-5-1-2-6-20(19)15-28)18-26-13-11-25(12-14-26)16-21-17-27-9-4-3-7-22(27)24-21/h1-7,9,17H,8,10-16,18H2. The zero-order chi connectivity index (χ0) is 19.6. The summed E-state index contributed by atoms with van der Waals surface area (Å²) in [6.07, 6.45) is 5.11. The van der Waals surface area contributed by atoms with Gasteiger partial charge in [0.15, 0.2) is 0 Å². The molecule has 4 heterocycles. The Hall–Kier alpha value is -2.70. The number of carbonyl (C=O) groups excluding carboxylic acids is 1. The van der Waals surface area contributed by atoms with Crippen molar-refractivity contribution in [3.63, 3.8) is 0 Å². The number of carbonyl (C=O) groups is 1. The Labute approximate surface area is 171 Å². The van der Waals surface area contributed by atoms with E-state index in [4.69, 9.17) is 4.98 Å². The summed E-state index contributed by atoms with van der Waals surface area (Å²) < 4.78 is 2.07. The summed E-state index contributed by atoms with van der Waals surface area (Å²) in [7, 11) is 0. The molecule has 150 valence electrons. The Morgan fingerprint density at radius 1 is 0.897 bits per heavy atom. The van der Waals surface area contributed by atoms with E-state index >= 15 is 0 Å². The van der Waals surface area contributed by atoms with Crippen LogP contribution in [0.4, 0.5) is 0 Å². The molecule has 29 heavy (non-hydrogen) atoms. The molecule has 0 bridgehead atoms. The van der Waals surface area contributed by atoms with Crippen LogP contribution in [-0.2, 0) is 24.3 Å².